The van der Waals surface area contributed by atoms with E-state index in [4.69, 9.17) is 0 Å². The zero-order chi connectivity index (χ0) is 18.0. The van der Waals surface area contributed by atoms with Crippen LogP contribution < -0.4 is 4.90 Å². The van der Waals surface area contributed by atoms with Gasteiger partial charge >= 0.3 is 6.18 Å². The Morgan fingerprint density at radius 2 is 1.88 bits per heavy atom. The van der Waals surface area contributed by atoms with Crippen molar-refractivity contribution in [3.63, 3.8) is 0 Å². The molecule has 132 valence electrons. The molecule has 0 spiro atoms. The minimum atomic E-state index is -4.35. The molecule has 2 aromatic rings. The standard InChI is InChI=1S/C19H19F3N2S/c1-3-25-18-10-13(2)16-5-4-15(19(20,21)22)11-17(16)24(18)12-14-6-8-23-9-7-14/h4-11,13H,3,12H2,1-2H3. The second-order valence-corrected chi connectivity index (χ2v) is 7.22. The van der Waals surface area contributed by atoms with Gasteiger partial charge in [-0.1, -0.05) is 19.9 Å². The van der Waals surface area contributed by atoms with Crippen molar-refractivity contribution in [1.82, 2.24) is 4.98 Å². The molecule has 1 aliphatic rings. The number of nitrogens with zero attached hydrogens (tertiary/aromatic N) is 2. The van der Waals surface area contributed by atoms with Crippen LogP contribution in [0, 0.1) is 0 Å². The Kier molecular flexibility index (Phi) is 5.08. The predicted molar refractivity (Wildman–Crippen MR) is 96.5 cm³/mol. The lowest BCUT2D eigenvalue weighted by Gasteiger charge is -2.35. The highest BCUT2D eigenvalue weighted by Gasteiger charge is 2.33. The van der Waals surface area contributed by atoms with Gasteiger partial charge in [-0.3, -0.25) is 4.98 Å². The first-order chi connectivity index (χ1) is 11.9. The highest BCUT2D eigenvalue weighted by molar-refractivity contribution is 8.03. The Bertz CT molecular complexity index is 772. The van der Waals surface area contributed by atoms with E-state index >= 15 is 0 Å². The first-order valence-electron chi connectivity index (χ1n) is 8.12. The molecule has 0 N–H and O–H groups in total. The Labute approximate surface area is 149 Å². The van der Waals surface area contributed by atoms with Gasteiger partial charge < -0.3 is 4.90 Å². The van der Waals surface area contributed by atoms with E-state index in [-0.39, 0.29) is 5.92 Å². The van der Waals surface area contributed by atoms with Gasteiger partial charge in [-0.2, -0.15) is 13.2 Å². The molecule has 0 radical (unpaired) electrons. The van der Waals surface area contributed by atoms with Gasteiger partial charge in [0.15, 0.2) is 0 Å². The van der Waals surface area contributed by atoms with Crippen molar-refractivity contribution >= 4 is 17.4 Å². The van der Waals surface area contributed by atoms with Crippen LogP contribution in [-0.2, 0) is 12.7 Å². The molecule has 2 heterocycles. The van der Waals surface area contributed by atoms with Gasteiger partial charge in [-0.15, -0.1) is 11.8 Å². The highest BCUT2D eigenvalue weighted by atomic mass is 32.2. The van der Waals surface area contributed by atoms with Crippen LogP contribution in [0.15, 0.2) is 53.8 Å². The number of hydrogen-bond acceptors (Lipinski definition) is 3. The number of fused-ring (bicyclic) bond motifs is 1. The predicted octanol–water partition coefficient (Wildman–Crippen LogP) is 5.82. The van der Waals surface area contributed by atoms with Crippen LogP contribution in [0.4, 0.5) is 18.9 Å². The maximum absolute atomic E-state index is 13.2. The SMILES string of the molecule is CCSC1=CC(C)c2ccc(C(F)(F)F)cc2N1Cc1ccncc1. The number of halogens is 3. The van der Waals surface area contributed by atoms with E-state index in [1.165, 1.54) is 12.1 Å². The molecule has 0 bridgehead atoms. The molecule has 0 fully saturated rings. The summed E-state index contributed by atoms with van der Waals surface area (Å²) in [5.41, 5.74) is 1.96. The van der Waals surface area contributed by atoms with E-state index in [0.29, 0.717) is 12.2 Å². The summed E-state index contributed by atoms with van der Waals surface area (Å²) < 4.78 is 39.6. The van der Waals surface area contributed by atoms with Gasteiger partial charge in [0.25, 0.3) is 0 Å². The monoisotopic (exact) mass is 364 g/mol. The average molecular weight is 364 g/mol. The normalized spacial score (nSPS) is 17.2. The van der Waals surface area contributed by atoms with Gasteiger partial charge in [0.1, 0.15) is 0 Å². The number of aromatic nitrogens is 1. The fraction of sp³-hybridized carbons (Fsp3) is 0.316. The van der Waals surface area contributed by atoms with E-state index < -0.39 is 11.7 Å². The van der Waals surface area contributed by atoms with Crippen LogP contribution in [0.5, 0.6) is 0 Å². The molecule has 25 heavy (non-hydrogen) atoms. The van der Waals surface area contributed by atoms with Gasteiger partial charge in [-0.25, -0.2) is 0 Å². The lowest BCUT2D eigenvalue weighted by Crippen LogP contribution is -2.26. The summed E-state index contributed by atoms with van der Waals surface area (Å²) in [5, 5.41) is 0.999. The van der Waals surface area contributed by atoms with Crippen LogP contribution >= 0.6 is 11.8 Å². The molecule has 2 nitrogen and oxygen atoms in total. The van der Waals surface area contributed by atoms with Crippen LogP contribution in [0.25, 0.3) is 0 Å². The quantitative estimate of drug-likeness (QED) is 0.680. The molecular weight excluding hydrogens is 345 g/mol. The van der Waals surface area contributed by atoms with Gasteiger partial charge in [-0.05, 0) is 47.2 Å². The van der Waals surface area contributed by atoms with E-state index in [1.54, 1.807) is 30.2 Å². The van der Waals surface area contributed by atoms with Crippen molar-refractivity contribution in [2.75, 3.05) is 10.7 Å². The Morgan fingerprint density at radius 3 is 2.52 bits per heavy atom. The van der Waals surface area contributed by atoms with Crippen molar-refractivity contribution in [1.29, 1.82) is 0 Å². The molecule has 0 saturated heterocycles. The third-order valence-corrected chi connectivity index (χ3v) is 5.12. The molecule has 1 aliphatic heterocycles. The molecule has 3 rings (SSSR count). The molecule has 1 aromatic carbocycles. The van der Waals surface area contributed by atoms with Crippen LogP contribution in [0.2, 0.25) is 0 Å². The van der Waals surface area contributed by atoms with Crippen molar-refractivity contribution in [3.05, 3.63) is 70.5 Å². The van der Waals surface area contributed by atoms with Crippen LogP contribution in [0.3, 0.4) is 0 Å². The lowest BCUT2D eigenvalue weighted by molar-refractivity contribution is -0.137. The number of anilines is 1. The maximum atomic E-state index is 13.2. The summed E-state index contributed by atoms with van der Waals surface area (Å²) in [6.07, 6.45) is 1.18. The average Bonchev–Trinajstić information content (AvgIpc) is 2.58. The summed E-state index contributed by atoms with van der Waals surface area (Å²) in [7, 11) is 0. The molecular formula is C19H19F3N2S. The second-order valence-electron chi connectivity index (χ2n) is 5.94. The number of thioether (sulfide) groups is 1. The minimum Gasteiger partial charge on any atom is -0.332 e. The molecule has 0 saturated carbocycles. The number of hydrogen-bond donors (Lipinski definition) is 0. The van der Waals surface area contributed by atoms with Gasteiger partial charge in [0, 0.05) is 30.5 Å². The number of rotatable bonds is 4. The van der Waals surface area contributed by atoms with Crippen molar-refractivity contribution in [2.24, 2.45) is 0 Å². The van der Waals surface area contributed by atoms with Crippen molar-refractivity contribution in [3.8, 4) is 0 Å². The van der Waals surface area contributed by atoms with Crippen molar-refractivity contribution < 1.29 is 13.2 Å². The zero-order valence-electron chi connectivity index (χ0n) is 14.0. The summed E-state index contributed by atoms with van der Waals surface area (Å²) in [6.45, 7) is 4.58. The summed E-state index contributed by atoms with van der Waals surface area (Å²) in [6, 6.07) is 7.83. The molecule has 1 atom stereocenters. The Hall–Kier alpha value is -1.95. The Balaban J connectivity index is 2.07. The van der Waals surface area contributed by atoms with Crippen molar-refractivity contribution in [2.45, 2.75) is 32.5 Å². The summed E-state index contributed by atoms with van der Waals surface area (Å²) >= 11 is 1.65. The minimum absolute atomic E-state index is 0.0834. The molecule has 1 aromatic heterocycles. The fourth-order valence-electron chi connectivity index (χ4n) is 2.96. The lowest BCUT2D eigenvalue weighted by atomic mass is 9.93. The fourth-order valence-corrected chi connectivity index (χ4v) is 3.87. The van der Waals surface area contributed by atoms with Gasteiger partial charge in [0.05, 0.1) is 10.6 Å². The first-order valence-corrected chi connectivity index (χ1v) is 9.11. The first kappa shape index (κ1) is 17.9. The summed E-state index contributed by atoms with van der Waals surface area (Å²) in [5.74, 6) is 0.944. The maximum Gasteiger partial charge on any atom is 0.416 e. The summed E-state index contributed by atoms with van der Waals surface area (Å²) in [4.78, 5) is 5.99. The number of benzene rings is 1. The smallest absolute Gasteiger partial charge is 0.332 e. The highest BCUT2D eigenvalue weighted by Crippen LogP contribution is 2.43. The van der Waals surface area contributed by atoms with E-state index in [1.807, 2.05) is 30.9 Å². The largest absolute Gasteiger partial charge is 0.416 e. The zero-order valence-corrected chi connectivity index (χ0v) is 14.9. The second kappa shape index (κ2) is 7.12. The van der Waals surface area contributed by atoms with E-state index in [0.717, 1.165) is 21.9 Å². The molecule has 0 aliphatic carbocycles. The third kappa shape index (κ3) is 3.84. The topological polar surface area (TPSA) is 16.1 Å². The molecule has 6 heteroatoms. The van der Waals surface area contributed by atoms with Crippen LogP contribution in [0.1, 0.15) is 36.5 Å². The Morgan fingerprint density at radius 1 is 1.16 bits per heavy atom. The van der Waals surface area contributed by atoms with E-state index in [2.05, 4.69) is 11.1 Å². The third-order valence-electron chi connectivity index (χ3n) is 4.18. The number of alkyl halides is 3. The molecule has 1 unspecified atom stereocenters. The van der Waals surface area contributed by atoms with E-state index in [9.17, 15) is 13.2 Å². The number of allylic oxidation sites excluding steroid dienone is 1. The van der Waals surface area contributed by atoms with Crippen LogP contribution in [-0.4, -0.2) is 10.7 Å². The number of pyridine rings is 1. The molecule has 0 amide bonds. The van der Waals surface area contributed by atoms with Gasteiger partial charge in [0.2, 0.25) is 0 Å².